The van der Waals surface area contributed by atoms with Gasteiger partial charge in [-0.05, 0) is 39.7 Å². The lowest BCUT2D eigenvalue weighted by molar-refractivity contribution is 0.0488. The molecule has 0 saturated heterocycles. The number of carbonyl (C=O) groups excluding carboxylic acids is 1. The van der Waals surface area contributed by atoms with Gasteiger partial charge in [-0.2, -0.15) is 5.26 Å². The van der Waals surface area contributed by atoms with E-state index < -0.39 is 23.3 Å². The molecule has 0 bridgehead atoms. The number of hydrogen-bond donors (Lipinski definition) is 4. The van der Waals surface area contributed by atoms with Gasteiger partial charge >= 0.3 is 6.09 Å². The fraction of sp³-hybridized carbons (Fsp3) is 0.478. The largest absolute Gasteiger partial charge is 0.444 e. The van der Waals surface area contributed by atoms with Gasteiger partial charge in [0.25, 0.3) is 0 Å². The molecule has 0 aromatic carbocycles. The highest BCUT2D eigenvalue weighted by molar-refractivity contribution is 5.68. The van der Waals surface area contributed by atoms with Crippen molar-refractivity contribution >= 4 is 29.2 Å². The van der Waals surface area contributed by atoms with Crippen LogP contribution < -0.4 is 21.3 Å². The summed E-state index contributed by atoms with van der Waals surface area (Å²) in [5.41, 5.74) is -0.434. The predicted octanol–water partition coefficient (Wildman–Crippen LogP) is 4.66. The molecule has 2 aromatic heterocycles. The van der Waals surface area contributed by atoms with Crippen LogP contribution in [0.2, 0.25) is 0 Å². The molecule has 0 unspecified atom stereocenters. The maximum Gasteiger partial charge on any atom is 0.407 e. The predicted molar refractivity (Wildman–Crippen MR) is 125 cm³/mol. The van der Waals surface area contributed by atoms with Crippen LogP contribution in [-0.4, -0.2) is 40.8 Å². The van der Waals surface area contributed by atoms with Crippen LogP contribution in [0.4, 0.5) is 36.7 Å². The summed E-state index contributed by atoms with van der Waals surface area (Å²) < 4.78 is 34.2. The molecule has 0 spiro atoms. The number of halogens is 2. The molecule has 2 aromatic rings. The number of pyridine rings is 2. The van der Waals surface area contributed by atoms with Gasteiger partial charge in [0.15, 0.2) is 29.1 Å². The Morgan fingerprint density at radius 3 is 2.41 bits per heavy atom. The molecule has 1 fully saturated rings. The summed E-state index contributed by atoms with van der Waals surface area (Å²) in [7, 11) is 1.54. The Labute approximate surface area is 197 Å². The smallest absolute Gasteiger partial charge is 0.407 e. The first-order valence-corrected chi connectivity index (χ1v) is 11.1. The van der Waals surface area contributed by atoms with Gasteiger partial charge in [0.2, 0.25) is 0 Å². The van der Waals surface area contributed by atoms with E-state index >= 15 is 0 Å². The van der Waals surface area contributed by atoms with Gasteiger partial charge < -0.3 is 26.0 Å². The average Bonchev–Trinajstić information content (AvgIpc) is 2.76. The van der Waals surface area contributed by atoms with Crippen LogP contribution in [0.3, 0.4) is 0 Å². The summed E-state index contributed by atoms with van der Waals surface area (Å²) in [5.74, 6) is -1.26. The maximum atomic E-state index is 14.8. The van der Waals surface area contributed by atoms with Crippen molar-refractivity contribution in [1.82, 2.24) is 15.3 Å². The minimum absolute atomic E-state index is 0.0479. The third-order valence-electron chi connectivity index (χ3n) is 5.23. The number of nitriles is 1. The first-order chi connectivity index (χ1) is 16.1. The monoisotopic (exact) mass is 473 g/mol. The molecule has 4 N–H and O–H groups in total. The third-order valence-corrected chi connectivity index (χ3v) is 5.23. The average molecular weight is 474 g/mol. The van der Waals surface area contributed by atoms with Crippen LogP contribution in [0.5, 0.6) is 0 Å². The van der Waals surface area contributed by atoms with E-state index in [9.17, 15) is 18.8 Å². The number of rotatable bonds is 6. The van der Waals surface area contributed by atoms with Crippen LogP contribution in [-0.2, 0) is 4.74 Å². The van der Waals surface area contributed by atoms with Gasteiger partial charge in [0, 0.05) is 19.2 Å². The topological polar surface area (TPSA) is 124 Å². The van der Waals surface area contributed by atoms with Crippen LogP contribution in [0, 0.1) is 23.0 Å². The van der Waals surface area contributed by atoms with E-state index in [1.54, 1.807) is 27.8 Å². The lowest BCUT2D eigenvalue weighted by Crippen LogP contribution is -2.50. The van der Waals surface area contributed by atoms with Crippen molar-refractivity contribution in [2.24, 2.45) is 0 Å². The molecule has 1 aliphatic carbocycles. The Balaban J connectivity index is 1.81. The van der Waals surface area contributed by atoms with Crippen LogP contribution in [0.25, 0.3) is 0 Å². The molecule has 1 amide bonds. The quantitative estimate of drug-likeness (QED) is 0.478. The van der Waals surface area contributed by atoms with Gasteiger partial charge in [-0.3, -0.25) is 0 Å². The summed E-state index contributed by atoms with van der Waals surface area (Å²) in [6.07, 6.45) is 4.02. The molecule has 1 saturated carbocycles. The fourth-order valence-corrected chi connectivity index (χ4v) is 3.71. The summed E-state index contributed by atoms with van der Waals surface area (Å²) in [6, 6.07) is 3.56. The van der Waals surface area contributed by atoms with Crippen molar-refractivity contribution in [3.8, 4) is 6.07 Å². The number of hydrogen-bond acceptors (Lipinski definition) is 8. The summed E-state index contributed by atoms with van der Waals surface area (Å²) in [5, 5.41) is 20.8. The number of nitrogens with one attached hydrogen (secondary N) is 4. The fourth-order valence-electron chi connectivity index (χ4n) is 3.71. The molecule has 11 heteroatoms. The van der Waals surface area contributed by atoms with Crippen molar-refractivity contribution in [1.29, 1.82) is 5.26 Å². The molecule has 182 valence electrons. The van der Waals surface area contributed by atoms with E-state index in [1.165, 1.54) is 12.3 Å². The highest BCUT2D eigenvalue weighted by Crippen LogP contribution is 2.28. The zero-order chi connectivity index (χ0) is 24.9. The van der Waals surface area contributed by atoms with E-state index in [4.69, 9.17) is 4.74 Å². The second kappa shape index (κ2) is 10.5. The van der Waals surface area contributed by atoms with Crippen LogP contribution >= 0.6 is 0 Å². The Bertz CT molecular complexity index is 1080. The number of aromatic nitrogens is 2. The van der Waals surface area contributed by atoms with E-state index in [0.717, 1.165) is 18.9 Å². The van der Waals surface area contributed by atoms with Crippen molar-refractivity contribution in [3.05, 3.63) is 35.5 Å². The maximum absolute atomic E-state index is 14.8. The molecular weight excluding hydrogens is 444 g/mol. The number of amides is 1. The number of alkyl carbamates (subject to hydrolysis) is 1. The molecule has 2 atom stereocenters. The minimum atomic E-state index is -0.710. The normalized spacial score (nSPS) is 17.9. The molecule has 0 radical (unpaired) electrons. The highest BCUT2D eigenvalue weighted by atomic mass is 19.1. The van der Waals surface area contributed by atoms with Crippen molar-refractivity contribution in [3.63, 3.8) is 0 Å². The van der Waals surface area contributed by atoms with Crippen LogP contribution in [0.15, 0.2) is 18.3 Å². The zero-order valence-electron chi connectivity index (χ0n) is 19.6. The van der Waals surface area contributed by atoms with Gasteiger partial charge in [0.1, 0.15) is 11.7 Å². The summed E-state index contributed by atoms with van der Waals surface area (Å²) >= 11 is 0. The number of anilines is 4. The Hall–Kier alpha value is -3.68. The Morgan fingerprint density at radius 2 is 1.79 bits per heavy atom. The summed E-state index contributed by atoms with van der Waals surface area (Å²) in [6.45, 7) is 5.34. The second-order valence-corrected chi connectivity index (χ2v) is 9.04. The first-order valence-electron chi connectivity index (χ1n) is 11.1. The zero-order valence-corrected chi connectivity index (χ0v) is 19.6. The van der Waals surface area contributed by atoms with Gasteiger partial charge in [-0.1, -0.05) is 12.8 Å². The van der Waals surface area contributed by atoms with E-state index in [-0.39, 0.29) is 40.8 Å². The van der Waals surface area contributed by atoms with Gasteiger partial charge in [-0.25, -0.2) is 23.5 Å². The number of ether oxygens (including phenoxy) is 1. The summed E-state index contributed by atoms with van der Waals surface area (Å²) in [4.78, 5) is 20.5. The molecular formula is C23H29F2N7O2. The lowest BCUT2D eigenvalue weighted by Gasteiger charge is -2.33. The Morgan fingerprint density at radius 1 is 1.12 bits per heavy atom. The van der Waals surface area contributed by atoms with Gasteiger partial charge in [-0.15, -0.1) is 0 Å². The molecule has 2 heterocycles. The minimum Gasteiger partial charge on any atom is -0.444 e. The second-order valence-electron chi connectivity index (χ2n) is 9.04. The van der Waals surface area contributed by atoms with E-state index in [1.807, 2.05) is 6.07 Å². The van der Waals surface area contributed by atoms with Crippen LogP contribution in [0.1, 0.15) is 52.0 Å². The highest BCUT2D eigenvalue weighted by Gasteiger charge is 2.29. The standard InChI is InChI=1S/C23H29F2N7O2/c1-23(2,3)34-22(33)31-18-8-6-5-7-17(18)30-21-15(24)9-13(11-26)19(32-21)29-14-10-16(25)20(27-4)28-12-14/h9-10,12,17-18H,5-8H2,1-4H3,(H,27,28)(H,31,33)(H2,29,30,32)/t17-,18+/m1/s1. The molecule has 0 aliphatic heterocycles. The number of carbonyl (C=O) groups is 1. The van der Waals surface area contributed by atoms with Crippen molar-refractivity contribution < 1.29 is 18.3 Å². The van der Waals surface area contributed by atoms with Gasteiger partial charge in [0.05, 0.1) is 23.5 Å². The first kappa shape index (κ1) is 25.0. The SMILES string of the molecule is CNc1ncc(Nc2nc(N[C@@H]3CCCC[C@@H]3NC(=O)OC(C)(C)C)c(F)cc2C#N)cc1F. The van der Waals surface area contributed by atoms with Crippen molar-refractivity contribution in [2.75, 3.05) is 23.0 Å². The third kappa shape index (κ3) is 6.43. The van der Waals surface area contributed by atoms with Crippen molar-refractivity contribution in [2.45, 2.75) is 64.1 Å². The number of nitrogens with zero attached hydrogens (tertiary/aromatic N) is 3. The van der Waals surface area contributed by atoms with E-state index in [0.29, 0.717) is 12.8 Å². The van der Waals surface area contributed by atoms with E-state index in [2.05, 4.69) is 31.2 Å². The lowest BCUT2D eigenvalue weighted by atomic mass is 9.90. The molecule has 3 rings (SSSR count). The molecule has 9 nitrogen and oxygen atoms in total. The molecule has 1 aliphatic rings. The molecule has 34 heavy (non-hydrogen) atoms. The Kier molecular flexibility index (Phi) is 7.71.